The zero-order valence-corrected chi connectivity index (χ0v) is 12.4. The maximum absolute atomic E-state index is 11.5. The highest BCUT2D eigenvalue weighted by molar-refractivity contribution is 6.17. The van der Waals surface area contributed by atoms with Gasteiger partial charge in [-0.2, -0.15) is 5.10 Å². The molecule has 1 aliphatic heterocycles. The summed E-state index contributed by atoms with van der Waals surface area (Å²) in [6.45, 7) is 2.72. The summed E-state index contributed by atoms with van der Waals surface area (Å²) >= 11 is 5.89. The van der Waals surface area contributed by atoms with Crippen LogP contribution in [-0.4, -0.2) is 37.7 Å². The molecule has 20 heavy (non-hydrogen) atoms. The molecule has 0 radical (unpaired) electrons. The van der Waals surface area contributed by atoms with Crippen LogP contribution < -0.4 is 5.32 Å². The fourth-order valence-corrected chi connectivity index (χ4v) is 3.07. The van der Waals surface area contributed by atoms with Gasteiger partial charge in [0.15, 0.2) is 5.65 Å². The van der Waals surface area contributed by atoms with E-state index in [2.05, 4.69) is 21.9 Å². The summed E-state index contributed by atoms with van der Waals surface area (Å²) in [5.41, 5.74) is 2.92. The van der Waals surface area contributed by atoms with Gasteiger partial charge in [-0.05, 0) is 6.42 Å². The molecule has 1 N–H and O–H groups in total. The summed E-state index contributed by atoms with van der Waals surface area (Å²) in [5.74, 6) is 1.55. The lowest BCUT2D eigenvalue weighted by Crippen LogP contribution is -2.18. The fraction of sp³-hybridized carbons (Fsp3) is 0.615. The summed E-state index contributed by atoms with van der Waals surface area (Å²) in [6.07, 6.45) is 2.04. The average Bonchev–Trinajstić information content (AvgIpc) is 3.06. The molecule has 3 rings (SSSR count). The van der Waals surface area contributed by atoms with Crippen LogP contribution in [0.2, 0.25) is 0 Å². The number of amides is 1. The first-order valence-corrected chi connectivity index (χ1v) is 7.44. The summed E-state index contributed by atoms with van der Waals surface area (Å²) < 4.78 is 4.00. The molecule has 1 aliphatic rings. The standard InChI is InChI=1S/C13H18ClN5O/c1-3-9-12-13(18(2)17-9)19(10(16-12)4-5-14)8-6-11(20)15-7-8/h8H,3-7H2,1-2H3,(H,15,20). The fourth-order valence-electron chi connectivity index (χ4n) is 2.90. The van der Waals surface area contributed by atoms with Crippen LogP contribution in [0.4, 0.5) is 0 Å². The molecular formula is C13H18ClN5O. The second-order valence-corrected chi connectivity index (χ2v) is 5.47. The van der Waals surface area contributed by atoms with Gasteiger partial charge in [-0.25, -0.2) is 4.98 Å². The Kier molecular flexibility index (Phi) is 3.41. The first kappa shape index (κ1) is 13.4. The minimum absolute atomic E-state index is 0.0894. The smallest absolute Gasteiger partial charge is 0.222 e. The van der Waals surface area contributed by atoms with E-state index in [9.17, 15) is 4.79 Å². The van der Waals surface area contributed by atoms with Gasteiger partial charge in [0.05, 0.1) is 11.7 Å². The van der Waals surface area contributed by atoms with Gasteiger partial charge >= 0.3 is 0 Å². The number of hydrogen-bond donors (Lipinski definition) is 1. The number of halogens is 1. The number of imidazole rings is 1. The second-order valence-electron chi connectivity index (χ2n) is 5.10. The van der Waals surface area contributed by atoms with E-state index >= 15 is 0 Å². The van der Waals surface area contributed by atoms with Gasteiger partial charge in [0, 0.05) is 32.3 Å². The number of rotatable bonds is 4. The number of carbonyl (C=O) groups is 1. The van der Waals surface area contributed by atoms with Gasteiger partial charge in [0.1, 0.15) is 11.3 Å². The first-order chi connectivity index (χ1) is 9.65. The van der Waals surface area contributed by atoms with Crippen LogP contribution in [0.25, 0.3) is 11.2 Å². The molecule has 2 aromatic heterocycles. The Hall–Kier alpha value is -1.56. The predicted molar refractivity (Wildman–Crippen MR) is 77.0 cm³/mol. The lowest BCUT2D eigenvalue weighted by atomic mass is 10.2. The van der Waals surface area contributed by atoms with Gasteiger partial charge in [0.2, 0.25) is 5.91 Å². The number of aromatic nitrogens is 4. The molecule has 1 amide bonds. The molecule has 1 atom stereocenters. The van der Waals surface area contributed by atoms with Crippen molar-refractivity contribution in [2.75, 3.05) is 12.4 Å². The van der Waals surface area contributed by atoms with Gasteiger partial charge in [-0.3, -0.25) is 9.48 Å². The Bertz CT molecular complexity index is 659. The average molecular weight is 296 g/mol. The van der Waals surface area contributed by atoms with E-state index in [-0.39, 0.29) is 11.9 Å². The Morgan fingerprint density at radius 2 is 2.30 bits per heavy atom. The molecule has 1 fully saturated rings. The van der Waals surface area contributed by atoms with Crippen molar-refractivity contribution in [3.63, 3.8) is 0 Å². The van der Waals surface area contributed by atoms with Gasteiger partial charge < -0.3 is 9.88 Å². The van der Waals surface area contributed by atoms with E-state index in [0.717, 1.165) is 29.1 Å². The zero-order valence-electron chi connectivity index (χ0n) is 11.7. The molecule has 0 aromatic carbocycles. The Morgan fingerprint density at radius 1 is 1.50 bits per heavy atom. The number of hydrogen-bond acceptors (Lipinski definition) is 3. The second kappa shape index (κ2) is 5.09. The van der Waals surface area contributed by atoms with Gasteiger partial charge in [-0.1, -0.05) is 6.92 Å². The van der Waals surface area contributed by atoms with Crippen molar-refractivity contribution < 1.29 is 4.79 Å². The van der Waals surface area contributed by atoms with Crippen LogP contribution in [-0.2, 0) is 24.7 Å². The topological polar surface area (TPSA) is 64.7 Å². The quantitative estimate of drug-likeness (QED) is 0.861. The van der Waals surface area contributed by atoms with Crippen LogP contribution in [0.5, 0.6) is 0 Å². The molecule has 0 spiro atoms. The van der Waals surface area contributed by atoms with Gasteiger partial charge in [0.25, 0.3) is 0 Å². The first-order valence-electron chi connectivity index (χ1n) is 6.91. The van der Waals surface area contributed by atoms with Crippen molar-refractivity contribution in [1.29, 1.82) is 0 Å². The molecule has 6 nitrogen and oxygen atoms in total. The van der Waals surface area contributed by atoms with Crippen molar-refractivity contribution in [2.24, 2.45) is 7.05 Å². The molecule has 0 bridgehead atoms. The summed E-state index contributed by atoms with van der Waals surface area (Å²) in [5, 5.41) is 7.40. The number of nitrogens with one attached hydrogen (secondary N) is 1. The van der Waals surface area contributed by atoms with E-state index in [0.29, 0.717) is 25.3 Å². The van der Waals surface area contributed by atoms with Crippen molar-refractivity contribution in [2.45, 2.75) is 32.2 Å². The number of carbonyl (C=O) groups excluding carboxylic acids is 1. The molecule has 108 valence electrons. The van der Waals surface area contributed by atoms with Crippen LogP contribution in [0.3, 0.4) is 0 Å². The van der Waals surface area contributed by atoms with Crippen LogP contribution in [0.15, 0.2) is 0 Å². The molecule has 7 heteroatoms. The number of fused-ring (bicyclic) bond motifs is 1. The van der Waals surface area contributed by atoms with E-state index in [1.807, 2.05) is 11.7 Å². The zero-order chi connectivity index (χ0) is 14.3. The summed E-state index contributed by atoms with van der Waals surface area (Å²) in [7, 11) is 1.92. The molecule has 0 aliphatic carbocycles. The van der Waals surface area contributed by atoms with Crippen molar-refractivity contribution >= 4 is 28.7 Å². The minimum Gasteiger partial charge on any atom is -0.354 e. The predicted octanol–water partition coefficient (Wildman–Crippen LogP) is 1.17. The van der Waals surface area contributed by atoms with Crippen LogP contribution >= 0.6 is 11.6 Å². The lowest BCUT2D eigenvalue weighted by Gasteiger charge is -2.14. The highest BCUT2D eigenvalue weighted by Crippen LogP contribution is 2.27. The maximum Gasteiger partial charge on any atom is 0.222 e. The SMILES string of the molecule is CCc1nn(C)c2c1nc(CCCl)n2C1CNC(=O)C1. The van der Waals surface area contributed by atoms with E-state index in [4.69, 9.17) is 16.6 Å². The number of aryl methyl sites for hydroxylation is 3. The van der Waals surface area contributed by atoms with E-state index in [1.165, 1.54) is 0 Å². The monoisotopic (exact) mass is 295 g/mol. The lowest BCUT2D eigenvalue weighted by molar-refractivity contribution is -0.119. The molecule has 0 saturated carbocycles. The Labute approximate surface area is 122 Å². The molecule has 2 aromatic rings. The van der Waals surface area contributed by atoms with E-state index in [1.54, 1.807) is 0 Å². The molecular weight excluding hydrogens is 278 g/mol. The Morgan fingerprint density at radius 3 is 2.90 bits per heavy atom. The largest absolute Gasteiger partial charge is 0.354 e. The van der Waals surface area contributed by atoms with Crippen LogP contribution in [0.1, 0.15) is 30.9 Å². The van der Waals surface area contributed by atoms with Crippen molar-refractivity contribution in [1.82, 2.24) is 24.6 Å². The van der Waals surface area contributed by atoms with Crippen molar-refractivity contribution in [3.05, 3.63) is 11.5 Å². The third kappa shape index (κ3) is 1.98. The minimum atomic E-state index is 0.0894. The Balaban J connectivity index is 2.18. The third-order valence-electron chi connectivity index (χ3n) is 3.78. The number of nitrogens with zero attached hydrogens (tertiary/aromatic N) is 4. The molecule has 1 saturated heterocycles. The van der Waals surface area contributed by atoms with Gasteiger partial charge in [-0.15, -0.1) is 11.6 Å². The highest BCUT2D eigenvalue weighted by Gasteiger charge is 2.29. The molecule has 1 unspecified atom stereocenters. The van der Waals surface area contributed by atoms with E-state index < -0.39 is 0 Å². The number of alkyl halides is 1. The normalized spacial score (nSPS) is 18.9. The van der Waals surface area contributed by atoms with Crippen LogP contribution in [0, 0.1) is 0 Å². The highest BCUT2D eigenvalue weighted by atomic mass is 35.5. The third-order valence-corrected chi connectivity index (χ3v) is 3.97. The maximum atomic E-state index is 11.5. The summed E-state index contributed by atoms with van der Waals surface area (Å²) in [6, 6.07) is 0.103. The van der Waals surface area contributed by atoms with Crippen molar-refractivity contribution in [3.8, 4) is 0 Å². The molecule has 3 heterocycles. The summed E-state index contributed by atoms with van der Waals surface area (Å²) in [4.78, 5) is 16.2.